The van der Waals surface area contributed by atoms with E-state index >= 15 is 4.39 Å². The number of aryl methyl sites for hydroxylation is 1. The minimum Gasteiger partial charge on any atom is -0.467 e. The molecule has 3 aromatic rings. The van der Waals surface area contributed by atoms with Crippen molar-refractivity contribution in [1.29, 1.82) is 0 Å². The fourth-order valence-corrected chi connectivity index (χ4v) is 5.43. The van der Waals surface area contributed by atoms with E-state index in [1.807, 2.05) is 50.9 Å². The van der Waals surface area contributed by atoms with Crippen LogP contribution in [0.4, 0.5) is 15.0 Å². The number of aromatic nitrogens is 3. The van der Waals surface area contributed by atoms with Gasteiger partial charge in [-0.1, -0.05) is 0 Å². The zero-order valence-corrected chi connectivity index (χ0v) is 22.6. The number of hydrogen-bond donors (Lipinski definition) is 0. The van der Waals surface area contributed by atoms with Crippen LogP contribution >= 0.6 is 0 Å². The summed E-state index contributed by atoms with van der Waals surface area (Å²) >= 11 is 0. The first-order valence-electron chi connectivity index (χ1n) is 12.8. The molecule has 4 atom stereocenters. The third-order valence-corrected chi connectivity index (χ3v) is 7.11. The predicted molar refractivity (Wildman–Crippen MR) is 139 cm³/mol. The first-order valence-corrected chi connectivity index (χ1v) is 12.8. The number of methoxy groups -OCH3 is 1. The third kappa shape index (κ3) is 4.99. The van der Waals surface area contributed by atoms with Gasteiger partial charge in [-0.25, -0.2) is 14.2 Å². The van der Waals surface area contributed by atoms with Gasteiger partial charge in [0.05, 0.1) is 17.8 Å². The van der Waals surface area contributed by atoms with Gasteiger partial charge in [-0.05, 0) is 58.2 Å². The van der Waals surface area contributed by atoms with Crippen molar-refractivity contribution >= 4 is 23.0 Å². The number of amides is 1. The van der Waals surface area contributed by atoms with E-state index in [1.165, 1.54) is 0 Å². The van der Waals surface area contributed by atoms with Gasteiger partial charge in [0, 0.05) is 38.8 Å². The number of carbonyl (C=O) groups excluding carboxylic acids is 1. The average Bonchev–Trinajstić information content (AvgIpc) is 3.41. The molecule has 1 aromatic carbocycles. The molecule has 0 spiro atoms. The SMILES string of the molecule is COCOc1cc2nc(C)oc2cc1-c1ccc(N(C)C2CC3CCC(C2F)N3C(=O)OC(C)(C)C)nn1. The monoisotopic (exact) mass is 527 g/mol. The van der Waals surface area contributed by atoms with Crippen molar-refractivity contribution in [2.75, 3.05) is 25.9 Å². The summed E-state index contributed by atoms with van der Waals surface area (Å²) < 4.78 is 37.9. The Bertz CT molecular complexity index is 1310. The Morgan fingerprint density at radius 2 is 2.03 bits per heavy atom. The molecule has 2 bridgehead atoms. The van der Waals surface area contributed by atoms with E-state index in [-0.39, 0.29) is 12.8 Å². The number of piperidine rings is 1. The van der Waals surface area contributed by atoms with Gasteiger partial charge < -0.3 is 23.5 Å². The number of oxazole rings is 1. The van der Waals surface area contributed by atoms with E-state index in [0.717, 1.165) is 6.42 Å². The molecule has 0 saturated carbocycles. The maximum atomic E-state index is 15.8. The fourth-order valence-electron chi connectivity index (χ4n) is 5.43. The first kappa shape index (κ1) is 26.1. The van der Waals surface area contributed by atoms with Gasteiger partial charge in [0.2, 0.25) is 0 Å². The number of ether oxygens (including phenoxy) is 3. The Labute approximate surface area is 221 Å². The van der Waals surface area contributed by atoms with Crippen LogP contribution in [0.25, 0.3) is 22.4 Å². The molecule has 2 fully saturated rings. The van der Waals surface area contributed by atoms with Crippen LogP contribution in [0.3, 0.4) is 0 Å². The van der Waals surface area contributed by atoms with Gasteiger partial charge in [-0.2, -0.15) is 0 Å². The molecular formula is C27H34FN5O5. The molecule has 5 rings (SSSR count). The van der Waals surface area contributed by atoms with E-state index in [2.05, 4.69) is 15.2 Å². The van der Waals surface area contributed by atoms with Crippen LogP contribution in [0.5, 0.6) is 5.75 Å². The largest absolute Gasteiger partial charge is 0.467 e. The highest BCUT2D eigenvalue weighted by molar-refractivity contribution is 5.84. The van der Waals surface area contributed by atoms with E-state index in [4.69, 9.17) is 18.6 Å². The maximum Gasteiger partial charge on any atom is 0.410 e. The third-order valence-electron chi connectivity index (χ3n) is 7.11. The lowest BCUT2D eigenvalue weighted by molar-refractivity contribution is -0.0104. The standard InChI is InChI=1S/C27H34FN5O5/c1-15-29-19-13-22(36-14-35-6)17(12-23(19)37-15)18-8-10-24(31-30-18)32(5)21-11-16-7-9-20(25(21)28)33(16)26(34)38-27(2,3)4/h8,10,12-13,16,20-21,25H,7,9,11,14H2,1-6H3. The van der Waals surface area contributed by atoms with E-state index in [9.17, 15) is 4.79 Å². The van der Waals surface area contributed by atoms with Crippen molar-refractivity contribution in [2.24, 2.45) is 0 Å². The summed E-state index contributed by atoms with van der Waals surface area (Å²) in [6.07, 6.45) is 0.191. The number of rotatable bonds is 6. The molecular weight excluding hydrogens is 493 g/mol. The van der Waals surface area contributed by atoms with Gasteiger partial charge >= 0.3 is 6.09 Å². The second-order valence-electron chi connectivity index (χ2n) is 10.9. The zero-order valence-electron chi connectivity index (χ0n) is 22.6. The number of benzene rings is 1. The molecule has 2 saturated heterocycles. The van der Waals surface area contributed by atoms with Gasteiger partial charge in [0.25, 0.3) is 0 Å². The van der Waals surface area contributed by atoms with Crippen molar-refractivity contribution in [1.82, 2.24) is 20.1 Å². The van der Waals surface area contributed by atoms with Crippen LogP contribution in [0.15, 0.2) is 28.7 Å². The Hall–Kier alpha value is -3.47. The topological polar surface area (TPSA) is 103 Å². The summed E-state index contributed by atoms with van der Waals surface area (Å²) in [4.78, 5) is 20.6. The molecule has 1 amide bonds. The van der Waals surface area contributed by atoms with Gasteiger partial charge in [0.15, 0.2) is 24.1 Å². The molecule has 4 heterocycles. The summed E-state index contributed by atoms with van der Waals surface area (Å²) in [6, 6.07) is 6.22. The van der Waals surface area contributed by atoms with Crippen LogP contribution in [0.1, 0.15) is 45.9 Å². The highest BCUT2D eigenvalue weighted by atomic mass is 19.1. The Morgan fingerprint density at radius 3 is 2.71 bits per heavy atom. The number of nitrogens with zero attached hydrogens (tertiary/aromatic N) is 5. The molecule has 11 heteroatoms. The normalized spacial score (nSPS) is 23.1. The molecule has 0 radical (unpaired) electrons. The predicted octanol–water partition coefficient (Wildman–Crippen LogP) is 4.89. The second-order valence-corrected chi connectivity index (χ2v) is 10.9. The average molecular weight is 528 g/mol. The van der Waals surface area contributed by atoms with Crippen molar-refractivity contribution in [2.45, 2.75) is 76.9 Å². The number of alkyl halides is 1. The maximum absolute atomic E-state index is 15.8. The van der Waals surface area contributed by atoms with Crippen molar-refractivity contribution in [3.8, 4) is 17.0 Å². The lowest BCUT2D eigenvalue weighted by Gasteiger charge is -2.44. The second kappa shape index (κ2) is 10.0. The summed E-state index contributed by atoms with van der Waals surface area (Å²) in [5.41, 5.74) is 1.90. The first-order chi connectivity index (χ1) is 18.1. The number of hydrogen-bond acceptors (Lipinski definition) is 9. The molecule has 204 valence electrons. The molecule has 0 aliphatic carbocycles. The molecule has 4 unspecified atom stereocenters. The van der Waals surface area contributed by atoms with E-state index in [0.29, 0.717) is 52.7 Å². The molecule has 0 N–H and O–H groups in total. The van der Waals surface area contributed by atoms with Crippen LogP contribution < -0.4 is 9.64 Å². The lowest BCUT2D eigenvalue weighted by atomic mass is 9.94. The number of fused-ring (bicyclic) bond motifs is 3. The van der Waals surface area contributed by atoms with Crippen LogP contribution in [-0.2, 0) is 9.47 Å². The summed E-state index contributed by atoms with van der Waals surface area (Å²) in [6.45, 7) is 7.30. The molecule has 2 aliphatic rings. The van der Waals surface area contributed by atoms with Crippen molar-refractivity contribution in [3.05, 3.63) is 30.2 Å². The molecule has 2 aromatic heterocycles. The van der Waals surface area contributed by atoms with Gasteiger partial charge in [0.1, 0.15) is 23.0 Å². The Morgan fingerprint density at radius 1 is 1.24 bits per heavy atom. The zero-order chi connectivity index (χ0) is 27.2. The van der Waals surface area contributed by atoms with Gasteiger partial charge in [-0.3, -0.25) is 4.90 Å². The highest BCUT2D eigenvalue weighted by Crippen LogP contribution is 2.41. The molecule has 38 heavy (non-hydrogen) atoms. The highest BCUT2D eigenvalue weighted by Gasteiger charge is 2.52. The van der Waals surface area contributed by atoms with E-state index in [1.54, 1.807) is 25.0 Å². The smallest absolute Gasteiger partial charge is 0.410 e. The quantitative estimate of drug-likeness (QED) is 0.415. The summed E-state index contributed by atoms with van der Waals surface area (Å²) in [5.74, 6) is 1.63. The minimum absolute atomic E-state index is 0.0613. The minimum atomic E-state index is -1.24. The summed E-state index contributed by atoms with van der Waals surface area (Å²) in [7, 11) is 3.37. The number of carbonyl (C=O) groups is 1. The lowest BCUT2D eigenvalue weighted by Crippen LogP contribution is -2.59. The number of halogens is 1. The van der Waals surface area contributed by atoms with E-state index < -0.39 is 29.9 Å². The Balaban J connectivity index is 1.36. The van der Waals surface area contributed by atoms with Gasteiger partial charge in [-0.15, -0.1) is 10.2 Å². The van der Waals surface area contributed by atoms with Crippen molar-refractivity contribution in [3.63, 3.8) is 0 Å². The summed E-state index contributed by atoms with van der Waals surface area (Å²) in [5, 5.41) is 8.84. The van der Waals surface area contributed by atoms with Crippen LogP contribution in [0, 0.1) is 6.92 Å². The molecule has 10 nitrogen and oxygen atoms in total. The molecule has 2 aliphatic heterocycles. The fraction of sp³-hybridized carbons (Fsp3) is 0.556. The number of anilines is 1. The van der Waals surface area contributed by atoms with Crippen LogP contribution in [0.2, 0.25) is 0 Å². The Kier molecular flexibility index (Phi) is 6.89. The van der Waals surface area contributed by atoms with Crippen molar-refractivity contribution < 1.29 is 27.8 Å². The van der Waals surface area contributed by atoms with Crippen LogP contribution in [-0.4, -0.2) is 77.0 Å².